The number of aromatic hydroxyl groups is 15. The topological polar surface area (TPSA) is 505 Å². The number of esters is 5. The van der Waals surface area contributed by atoms with E-state index in [1.807, 2.05) is 0 Å². The van der Waals surface area contributed by atoms with Crippen LogP contribution in [0.2, 0.25) is 0 Å². The molecule has 0 amide bonds. The van der Waals surface area contributed by atoms with E-state index in [-0.39, 0.29) is 0 Å². The third-order valence-electron chi connectivity index (χ3n) is 13.4. The smallest absolute Gasteiger partial charge is 0.340 e. The molecule has 29 heteroatoms. The first-order valence-corrected chi connectivity index (χ1v) is 21.4. The summed E-state index contributed by atoms with van der Waals surface area (Å²) >= 11 is 0. The Morgan fingerprint density at radius 1 is 0.347 bits per heavy atom. The lowest BCUT2D eigenvalue weighted by Gasteiger charge is -2.47. The Balaban J connectivity index is 1.38. The van der Waals surface area contributed by atoms with E-state index in [0.29, 0.717) is 18.2 Å². The van der Waals surface area contributed by atoms with E-state index in [9.17, 15) is 111 Å². The zero-order chi connectivity index (χ0) is 54.4. The molecule has 1 saturated heterocycles. The summed E-state index contributed by atoms with van der Waals surface area (Å²) < 4.78 is 34.5. The predicted octanol–water partition coefficient (Wildman–Crippen LogP) is -0.150. The molecule has 0 spiro atoms. The minimum absolute atomic E-state index is 0.303. The van der Waals surface area contributed by atoms with Gasteiger partial charge >= 0.3 is 29.8 Å². The number of aliphatic hydroxyl groups excluding tert-OH is 3. The zero-order valence-electron chi connectivity index (χ0n) is 36.9. The Morgan fingerprint density at radius 2 is 0.747 bits per heavy atom. The molecule has 6 bridgehead atoms. The first-order chi connectivity index (χ1) is 35.3. The van der Waals surface area contributed by atoms with Gasteiger partial charge in [-0.2, -0.15) is 0 Å². The second-order valence-corrected chi connectivity index (χ2v) is 17.5. The van der Waals surface area contributed by atoms with Crippen LogP contribution in [0.25, 0.3) is 33.4 Å². The van der Waals surface area contributed by atoms with Crippen LogP contribution >= 0.6 is 0 Å². The van der Waals surface area contributed by atoms with Crippen molar-refractivity contribution in [2.45, 2.75) is 54.7 Å². The number of benzene rings is 5. The summed E-state index contributed by atoms with van der Waals surface area (Å²) in [5, 5.41) is 201. The summed E-state index contributed by atoms with van der Waals surface area (Å²) in [5.74, 6) is -35.3. The zero-order valence-corrected chi connectivity index (χ0v) is 36.9. The summed E-state index contributed by atoms with van der Waals surface area (Å²) in [6, 6.07) is 1.01. The highest BCUT2D eigenvalue weighted by molar-refractivity contribution is 6.16. The van der Waals surface area contributed by atoms with Crippen LogP contribution in [0, 0.1) is 0 Å². The Kier molecular flexibility index (Phi) is 10.9. The maximum absolute atomic E-state index is 15.4. The van der Waals surface area contributed by atoms with Gasteiger partial charge in [-0.25, -0.2) is 24.0 Å². The van der Waals surface area contributed by atoms with Gasteiger partial charge in [0.1, 0.15) is 24.9 Å². The number of fused-ring (bicyclic) bond motifs is 7. The lowest BCUT2D eigenvalue weighted by atomic mass is 9.73. The number of hydrogen-bond acceptors (Lipinski definition) is 29. The first-order valence-electron chi connectivity index (χ1n) is 21.4. The molecule has 0 saturated carbocycles. The van der Waals surface area contributed by atoms with Crippen LogP contribution in [0.3, 0.4) is 0 Å². The van der Waals surface area contributed by atoms with Crippen LogP contribution < -0.4 is 0 Å². The van der Waals surface area contributed by atoms with Gasteiger partial charge in [0.05, 0.1) is 46.4 Å². The standard InChI is InChI=1S/C46H34O29/c47-9-1-6-14(28(55)24(9)51)15-7(2-10(48)25(52)29(15)56)44(67)73-38-13(5-71-42(6)65)72-43(66)8-3-11(49)26(53)30(57)16(8)17-21-18(32(59)35(62)31(17)58)19-22-20(34(61)36(63)33(19)60)23(39-37(64)27(54)12(50)4-70-39)40(74-45(22)68)41(38)75-46(21)69/h1-3,12-13,23,27,37-41,47-64H,4-5H2/t12-,13+,23?,27+,37+,38+,39+,40+,41-/m0/s1. The fourth-order valence-corrected chi connectivity index (χ4v) is 9.95. The molecule has 11 rings (SSSR count). The predicted molar refractivity (Wildman–Crippen MR) is 232 cm³/mol. The monoisotopic (exact) mass is 1050 g/mol. The maximum atomic E-state index is 15.4. The van der Waals surface area contributed by atoms with E-state index < -0.39 is 251 Å². The van der Waals surface area contributed by atoms with E-state index in [0.717, 1.165) is 0 Å². The second kappa shape index (κ2) is 16.7. The second-order valence-electron chi connectivity index (χ2n) is 17.5. The summed E-state index contributed by atoms with van der Waals surface area (Å²) in [4.78, 5) is 74.4. The molecule has 1 unspecified atom stereocenters. The van der Waals surface area contributed by atoms with Gasteiger partial charge in [0.2, 0.25) is 28.7 Å². The molecule has 392 valence electrons. The van der Waals surface area contributed by atoms with Crippen LogP contribution in [-0.2, 0) is 28.4 Å². The van der Waals surface area contributed by atoms with E-state index in [4.69, 9.17) is 28.4 Å². The Hall–Kier alpha value is -9.71. The number of phenols is 15. The lowest BCUT2D eigenvalue weighted by molar-refractivity contribution is -0.209. The SMILES string of the molecule is O=C1OC[C@H]2OC(=O)c3cc(O)c(O)c(O)c3-c3c(O)c(O)c(O)c4c3C(=O)O[C@@H]([C@@H]2OC(=O)c2cc(O)c(O)c(O)c2-c2c1cc(O)c(O)c2O)[C@@H]1OC(=O)c2c-4c(O)c(O)c(O)c2C1[C@H]1OC[C@H](O)[C@@H](O)[C@H]1O. The number of aliphatic hydroxyl groups is 3. The fraction of sp³-hybridized carbons (Fsp3) is 0.239. The Morgan fingerprint density at radius 3 is 1.28 bits per heavy atom. The van der Waals surface area contributed by atoms with Crippen molar-refractivity contribution < 1.29 is 144 Å². The van der Waals surface area contributed by atoms with Crippen molar-refractivity contribution in [1.82, 2.24) is 0 Å². The van der Waals surface area contributed by atoms with Gasteiger partial charge in [-0.1, -0.05) is 0 Å². The van der Waals surface area contributed by atoms with Crippen molar-refractivity contribution in [2.75, 3.05) is 13.2 Å². The van der Waals surface area contributed by atoms with Gasteiger partial charge in [0.15, 0.2) is 81.9 Å². The number of carbonyl (C=O) groups is 5. The van der Waals surface area contributed by atoms with Gasteiger partial charge in [-0.3, -0.25) is 0 Å². The number of rotatable bonds is 1. The molecule has 29 nitrogen and oxygen atoms in total. The molecule has 5 aromatic carbocycles. The third kappa shape index (κ3) is 6.75. The molecule has 6 aliphatic heterocycles. The first kappa shape index (κ1) is 48.9. The van der Waals surface area contributed by atoms with Crippen LogP contribution in [0.15, 0.2) is 18.2 Å². The molecule has 1 fully saturated rings. The van der Waals surface area contributed by atoms with E-state index in [2.05, 4.69) is 0 Å². The van der Waals surface area contributed by atoms with Crippen molar-refractivity contribution >= 4 is 29.8 Å². The van der Waals surface area contributed by atoms with Gasteiger partial charge in [-0.05, 0) is 18.2 Å². The molecular weight excluding hydrogens is 1020 g/mol. The average Bonchev–Trinajstić information content (AvgIpc) is 3.42. The summed E-state index contributed by atoms with van der Waals surface area (Å²) in [6.07, 6.45) is -19.9. The molecule has 18 N–H and O–H groups in total. The van der Waals surface area contributed by atoms with E-state index >= 15 is 4.79 Å². The average molecular weight is 1050 g/mol. The molecule has 6 heterocycles. The summed E-state index contributed by atoms with van der Waals surface area (Å²) in [5.41, 5.74) is -15.3. The number of phenolic OH excluding ortho intramolecular Hbond substituents is 15. The molecule has 9 atom stereocenters. The number of carbonyl (C=O) groups excluding carboxylic acids is 5. The number of ether oxygens (including phenoxy) is 6. The maximum Gasteiger partial charge on any atom is 0.340 e. The van der Waals surface area contributed by atoms with Crippen molar-refractivity contribution in [2.24, 2.45) is 0 Å². The van der Waals surface area contributed by atoms with Crippen molar-refractivity contribution in [1.29, 1.82) is 0 Å². The molecule has 0 aliphatic carbocycles. The molecule has 0 aromatic heterocycles. The van der Waals surface area contributed by atoms with Gasteiger partial charge in [0.25, 0.3) is 0 Å². The lowest BCUT2D eigenvalue weighted by Crippen LogP contribution is -2.61. The van der Waals surface area contributed by atoms with Crippen LogP contribution in [-0.4, -0.2) is 184 Å². The van der Waals surface area contributed by atoms with Crippen LogP contribution in [0.5, 0.6) is 86.2 Å². The van der Waals surface area contributed by atoms with Crippen molar-refractivity contribution in [3.63, 3.8) is 0 Å². The molecule has 0 radical (unpaired) electrons. The molecule has 75 heavy (non-hydrogen) atoms. The Bertz CT molecular complexity index is 3450. The molecular formula is C46H34O29. The van der Waals surface area contributed by atoms with Crippen LogP contribution in [0.4, 0.5) is 0 Å². The van der Waals surface area contributed by atoms with Gasteiger partial charge in [0, 0.05) is 38.9 Å². The molecule has 5 aromatic rings. The summed E-state index contributed by atoms with van der Waals surface area (Å²) in [7, 11) is 0. The van der Waals surface area contributed by atoms with E-state index in [1.165, 1.54) is 0 Å². The van der Waals surface area contributed by atoms with Gasteiger partial charge in [-0.15, -0.1) is 0 Å². The third-order valence-corrected chi connectivity index (χ3v) is 13.4. The quantitative estimate of drug-likeness (QED) is 0.0589. The molecule has 6 aliphatic rings. The highest BCUT2D eigenvalue weighted by Crippen LogP contribution is 2.63. The minimum atomic E-state index is -2.89. The van der Waals surface area contributed by atoms with Crippen LogP contribution in [0.1, 0.15) is 63.3 Å². The van der Waals surface area contributed by atoms with Crippen molar-refractivity contribution in [3.8, 4) is 120 Å². The Labute approximate surface area is 412 Å². The normalized spacial score (nSPS) is 24.8. The van der Waals surface area contributed by atoms with Crippen molar-refractivity contribution in [3.05, 3.63) is 51.6 Å². The number of cyclic esters (lactones) is 1. The highest BCUT2D eigenvalue weighted by atomic mass is 16.6. The van der Waals surface area contributed by atoms with E-state index in [1.54, 1.807) is 0 Å². The van der Waals surface area contributed by atoms with Gasteiger partial charge < -0.3 is 120 Å². The highest BCUT2D eigenvalue weighted by Gasteiger charge is 2.59. The number of hydrogen-bond donors (Lipinski definition) is 18. The fourth-order valence-electron chi connectivity index (χ4n) is 9.95. The largest absolute Gasteiger partial charge is 0.504 e. The minimum Gasteiger partial charge on any atom is -0.504 e. The summed E-state index contributed by atoms with van der Waals surface area (Å²) in [6.45, 7) is -2.50.